The van der Waals surface area contributed by atoms with Gasteiger partial charge in [-0.15, -0.1) is 11.3 Å². The smallest absolute Gasteiger partial charge is 0.266 e. The van der Waals surface area contributed by atoms with Crippen LogP contribution in [0.3, 0.4) is 0 Å². The van der Waals surface area contributed by atoms with Crippen molar-refractivity contribution in [3.05, 3.63) is 63.5 Å². The molecule has 2 aromatic rings. The minimum atomic E-state index is 0.000315. The van der Waals surface area contributed by atoms with Gasteiger partial charge in [0.1, 0.15) is 0 Å². The Labute approximate surface area is 156 Å². The Balaban J connectivity index is 1.86. The molecule has 1 aliphatic rings. The fourth-order valence-electron chi connectivity index (χ4n) is 2.41. The van der Waals surface area contributed by atoms with E-state index in [-0.39, 0.29) is 5.91 Å². The fourth-order valence-corrected chi connectivity index (χ4v) is 4.22. The lowest BCUT2D eigenvalue weighted by Gasteiger charge is -2.11. The highest BCUT2D eigenvalue weighted by atomic mass is 32.2. The molecule has 0 unspecified atom stereocenters. The van der Waals surface area contributed by atoms with Crippen LogP contribution in [-0.2, 0) is 4.79 Å². The highest BCUT2D eigenvalue weighted by molar-refractivity contribution is 8.18. The number of amides is 1. The summed E-state index contributed by atoms with van der Waals surface area (Å²) in [5.74, 6) is 0.000315. The minimum Gasteiger partial charge on any atom is -0.287 e. The highest BCUT2D eigenvalue weighted by Gasteiger charge is 2.32. The molecule has 1 aromatic carbocycles. The molecule has 1 aromatic heterocycles. The van der Waals surface area contributed by atoms with Gasteiger partial charge in [0.15, 0.2) is 5.17 Å². The lowest BCUT2D eigenvalue weighted by atomic mass is 10.1. The zero-order valence-corrected chi connectivity index (χ0v) is 16.0. The Morgan fingerprint density at radius 2 is 2.08 bits per heavy atom. The Morgan fingerprint density at radius 1 is 1.32 bits per heavy atom. The largest absolute Gasteiger partial charge is 0.287 e. The summed E-state index contributed by atoms with van der Waals surface area (Å²) < 4.78 is 0. The second-order valence-corrected chi connectivity index (χ2v) is 7.47. The second-order valence-electron chi connectivity index (χ2n) is 5.62. The summed E-state index contributed by atoms with van der Waals surface area (Å²) in [5.41, 5.74) is 3.09. The van der Waals surface area contributed by atoms with E-state index in [1.807, 2.05) is 62.6 Å². The van der Waals surface area contributed by atoms with Crippen molar-refractivity contribution < 1.29 is 4.79 Å². The van der Waals surface area contributed by atoms with E-state index < -0.39 is 0 Å². The van der Waals surface area contributed by atoms with Gasteiger partial charge in [-0.3, -0.25) is 9.69 Å². The molecular formula is C19H19N3OS2. The van der Waals surface area contributed by atoms with Gasteiger partial charge in [-0.25, -0.2) is 4.98 Å². The zero-order valence-electron chi connectivity index (χ0n) is 14.4. The number of hydrogen-bond donors (Lipinski definition) is 0. The van der Waals surface area contributed by atoms with Crippen LogP contribution in [0.5, 0.6) is 0 Å². The number of nitrogens with zero attached hydrogens (tertiary/aromatic N) is 3. The maximum Gasteiger partial charge on any atom is 0.266 e. The van der Waals surface area contributed by atoms with Crippen LogP contribution in [0.15, 0.2) is 57.3 Å². The number of amidine groups is 1. The number of thiazole rings is 1. The summed E-state index contributed by atoms with van der Waals surface area (Å²) in [4.78, 5) is 23.9. The Kier molecular flexibility index (Phi) is 5.50. The predicted molar refractivity (Wildman–Crippen MR) is 107 cm³/mol. The van der Waals surface area contributed by atoms with Gasteiger partial charge in [0, 0.05) is 11.9 Å². The van der Waals surface area contributed by atoms with E-state index in [1.165, 1.54) is 23.1 Å². The molecule has 0 bridgehead atoms. The standard InChI is InChI=1S/C19H19N3OS2/c1-4-22-17(23)16(11-13(2)10-15-8-6-5-7-9-15)25-19(22)21-18-20-14(3)12-24-18/h5-12H,4H2,1-3H3/b13-10+,16-11-,21-19+. The quantitative estimate of drug-likeness (QED) is 0.711. The second kappa shape index (κ2) is 7.80. The van der Waals surface area contributed by atoms with E-state index in [1.54, 1.807) is 4.90 Å². The van der Waals surface area contributed by atoms with Crippen LogP contribution in [0.2, 0.25) is 0 Å². The van der Waals surface area contributed by atoms with Crippen molar-refractivity contribution in [3.8, 4) is 0 Å². The average Bonchev–Trinajstić information content (AvgIpc) is 3.12. The normalized spacial score (nSPS) is 18.6. The number of aromatic nitrogens is 1. The summed E-state index contributed by atoms with van der Waals surface area (Å²) in [6, 6.07) is 10.1. The third-order valence-corrected chi connectivity index (χ3v) is 5.41. The van der Waals surface area contributed by atoms with Crippen LogP contribution >= 0.6 is 23.1 Å². The van der Waals surface area contributed by atoms with E-state index >= 15 is 0 Å². The van der Waals surface area contributed by atoms with Crippen molar-refractivity contribution in [2.75, 3.05) is 6.54 Å². The third-order valence-electron chi connectivity index (χ3n) is 3.56. The van der Waals surface area contributed by atoms with Gasteiger partial charge in [0.25, 0.3) is 5.91 Å². The summed E-state index contributed by atoms with van der Waals surface area (Å²) in [7, 11) is 0. The van der Waals surface area contributed by atoms with Gasteiger partial charge in [-0.1, -0.05) is 36.4 Å². The number of rotatable bonds is 4. The summed E-state index contributed by atoms with van der Waals surface area (Å²) in [6.07, 6.45) is 3.99. The molecule has 0 spiro atoms. The molecule has 4 nitrogen and oxygen atoms in total. The topological polar surface area (TPSA) is 45.6 Å². The van der Waals surface area contributed by atoms with Gasteiger partial charge < -0.3 is 0 Å². The van der Waals surface area contributed by atoms with Crippen LogP contribution < -0.4 is 0 Å². The van der Waals surface area contributed by atoms with Gasteiger partial charge in [-0.05, 0) is 49.7 Å². The van der Waals surface area contributed by atoms with Crippen molar-refractivity contribution in [2.24, 2.45) is 4.99 Å². The van der Waals surface area contributed by atoms with Crippen molar-refractivity contribution in [1.29, 1.82) is 0 Å². The molecule has 128 valence electrons. The molecule has 0 N–H and O–H groups in total. The van der Waals surface area contributed by atoms with E-state index in [9.17, 15) is 4.79 Å². The zero-order chi connectivity index (χ0) is 17.8. The lowest BCUT2D eigenvalue weighted by Crippen LogP contribution is -2.28. The van der Waals surface area contributed by atoms with Crippen LogP contribution in [0, 0.1) is 6.92 Å². The molecule has 0 saturated carbocycles. The number of hydrogen-bond acceptors (Lipinski definition) is 5. The number of benzene rings is 1. The number of aliphatic imine (C=N–C) groups is 1. The molecule has 0 aliphatic carbocycles. The van der Waals surface area contributed by atoms with Crippen LogP contribution in [0.25, 0.3) is 6.08 Å². The molecule has 3 rings (SSSR count). The van der Waals surface area contributed by atoms with E-state index in [0.717, 1.165) is 16.8 Å². The Hall–Kier alpha value is -2.18. The SMILES string of the molecule is CCN1C(=O)/C(=C/C(C)=C/c2ccccc2)S/C1=N/c1nc(C)cs1. The van der Waals surface area contributed by atoms with Crippen LogP contribution in [0.4, 0.5) is 5.13 Å². The monoisotopic (exact) mass is 369 g/mol. The fraction of sp³-hybridized carbons (Fsp3) is 0.211. The first-order chi connectivity index (χ1) is 12.1. The highest BCUT2D eigenvalue weighted by Crippen LogP contribution is 2.34. The number of aryl methyl sites for hydroxylation is 1. The number of likely N-dealkylation sites (N-methyl/N-ethyl adjacent to an activating group) is 1. The first-order valence-corrected chi connectivity index (χ1v) is 9.72. The van der Waals surface area contributed by atoms with Crippen molar-refractivity contribution >= 4 is 45.4 Å². The Bertz CT molecular complexity index is 866. The maximum atomic E-state index is 12.6. The molecule has 0 radical (unpaired) electrons. The molecule has 1 aliphatic heterocycles. The molecule has 6 heteroatoms. The lowest BCUT2D eigenvalue weighted by molar-refractivity contribution is -0.122. The molecule has 1 fully saturated rings. The summed E-state index contributed by atoms with van der Waals surface area (Å²) in [6.45, 7) is 6.49. The molecule has 25 heavy (non-hydrogen) atoms. The number of carbonyl (C=O) groups excluding carboxylic acids is 1. The van der Waals surface area contributed by atoms with Crippen molar-refractivity contribution in [3.63, 3.8) is 0 Å². The molecule has 1 amide bonds. The average molecular weight is 370 g/mol. The third kappa shape index (κ3) is 4.27. The van der Waals surface area contributed by atoms with Crippen LogP contribution in [0.1, 0.15) is 25.1 Å². The van der Waals surface area contributed by atoms with Crippen molar-refractivity contribution in [1.82, 2.24) is 9.88 Å². The molecule has 2 heterocycles. The maximum absolute atomic E-state index is 12.6. The number of carbonyl (C=O) groups is 1. The van der Waals surface area contributed by atoms with Crippen molar-refractivity contribution in [2.45, 2.75) is 20.8 Å². The number of allylic oxidation sites excluding steroid dienone is 2. The van der Waals surface area contributed by atoms with Gasteiger partial charge >= 0.3 is 0 Å². The predicted octanol–water partition coefficient (Wildman–Crippen LogP) is 5.02. The molecular weight excluding hydrogens is 350 g/mol. The minimum absolute atomic E-state index is 0.000315. The molecule has 1 saturated heterocycles. The summed E-state index contributed by atoms with van der Waals surface area (Å²) in [5, 5.41) is 3.34. The van der Waals surface area contributed by atoms with Crippen LogP contribution in [-0.4, -0.2) is 27.5 Å². The first-order valence-electron chi connectivity index (χ1n) is 8.02. The van der Waals surface area contributed by atoms with E-state index in [4.69, 9.17) is 0 Å². The van der Waals surface area contributed by atoms with Gasteiger partial charge in [0.05, 0.1) is 10.6 Å². The van der Waals surface area contributed by atoms with Gasteiger partial charge in [-0.2, -0.15) is 4.99 Å². The first kappa shape index (κ1) is 17.6. The molecule has 0 atom stereocenters. The van der Waals surface area contributed by atoms with Gasteiger partial charge in [0.2, 0.25) is 5.13 Å². The van der Waals surface area contributed by atoms with E-state index in [0.29, 0.717) is 21.7 Å². The Morgan fingerprint density at radius 3 is 2.72 bits per heavy atom. The summed E-state index contributed by atoms with van der Waals surface area (Å²) >= 11 is 2.89. The van der Waals surface area contributed by atoms with E-state index in [2.05, 4.69) is 16.1 Å². The number of thioether (sulfide) groups is 1.